The van der Waals surface area contributed by atoms with Gasteiger partial charge in [-0.2, -0.15) is 0 Å². The molecule has 0 saturated carbocycles. The number of esters is 1. The van der Waals surface area contributed by atoms with Gasteiger partial charge in [-0.3, -0.25) is 4.79 Å². The summed E-state index contributed by atoms with van der Waals surface area (Å²) < 4.78 is 5.95. The number of benzene rings is 2. The third kappa shape index (κ3) is 5.37. The summed E-state index contributed by atoms with van der Waals surface area (Å²) in [5.74, 6) is -0.949. The Kier molecular flexibility index (Phi) is 6.19. The standard InChI is InChI=1S/C17H15BrClNO3/c1-11(12-5-7-14(18)8-6-12)20-16(21)10-23-17(22)13-3-2-4-15(19)9-13/h2-9,11H,10H2,1H3,(H,20,21)/t11-/m1/s1. The molecule has 2 aromatic rings. The van der Waals surface area contributed by atoms with Gasteiger partial charge in [0.15, 0.2) is 6.61 Å². The normalized spacial score (nSPS) is 11.6. The molecule has 120 valence electrons. The highest BCUT2D eigenvalue weighted by molar-refractivity contribution is 9.10. The molecule has 2 aromatic carbocycles. The van der Waals surface area contributed by atoms with Gasteiger partial charge in [-0.25, -0.2) is 4.79 Å². The van der Waals surface area contributed by atoms with Gasteiger partial charge in [-0.1, -0.05) is 45.7 Å². The van der Waals surface area contributed by atoms with Crippen LogP contribution < -0.4 is 5.32 Å². The second kappa shape index (κ2) is 8.13. The number of nitrogens with one attached hydrogen (secondary N) is 1. The lowest BCUT2D eigenvalue weighted by atomic mass is 10.1. The Morgan fingerprint density at radius 2 is 1.91 bits per heavy atom. The van der Waals surface area contributed by atoms with Crippen LogP contribution in [0.4, 0.5) is 0 Å². The number of hydrogen-bond acceptors (Lipinski definition) is 3. The van der Waals surface area contributed by atoms with Gasteiger partial charge in [0.1, 0.15) is 0 Å². The van der Waals surface area contributed by atoms with Gasteiger partial charge in [0, 0.05) is 9.50 Å². The smallest absolute Gasteiger partial charge is 0.338 e. The van der Waals surface area contributed by atoms with Gasteiger partial charge in [0.05, 0.1) is 11.6 Å². The topological polar surface area (TPSA) is 55.4 Å². The van der Waals surface area contributed by atoms with Crippen molar-refractivity contribution >= 4 is 39.4 Å². The average Bonchev–Trinajstić information content (AvgIpc) is 2.53. The van der Waals surface area contributed by atoms with Crippen LogP contribution in [-0.4, -0.2) is 18.5 Å². The second-order valence-electron chi connectivity index (χ2n) is 4.93. The van der Waals surface area contributed by atoms with Crippen molar-refractivity contribution in [1.29, 1.82) is 0 Å². The fraction of sp³-hybridized carbons (Fsp3) is 0.176. The zero-order chi connectivity index (χ0) is 16.8. The van der Waals surface area contributed by atoms with Crippen molar-refractivity contribution in [2.45, 2.75) is 13.0 Å². The van der Waals surface area contributed by atoms with Gasteiger partial charge in [-0.15, -0.1) is 0 Å². The van der Waals surface area contributed by atoms with Crippen LogP contribution in [0.15, 0.2) is 53.0 Å². The SMILES string of the molecule is C[C@@H](NC(=O)COC(=O)c1cccc(Cl)c1)c1ccc(Br)cc1. The lowest BCUT2D eigenvalue weighted by Gasteiger charge is -2.14. The quantitative estimate of drug-likeness (QED) is 0.773. The minimum absolute atomic E-state index is 0.180. The van der Waals surface area contributed by atoms with E-state index in [2.05, 4.69) is 21.2 Å². The molecule has 1 N–H and O–H groups in total. The molecular formula is C17H15BrClNO3. The highest BCUT2D eigenvalue weighted by Gasteiger charge is 2.13. The summed E-state index contributed by atoms with van der Waals surface area (Å²) in [6.07, 6.45) is 0. The van der Waals surface area contributed by atoms with Crippen LogP contribution in [0, 0.1) is 0 Å². The van der Waals surface area contributed by atoms with Crippen LogP contribution in [0.1, 0.15) is 28.9 Å². The van der Waals surface area contributed by atoms with Gasteiger partial charge in [-0.05, 0) is 42.8 Å². The first-order chi connectivity index (χ1) is 11.0. The van der Waals surface area contributed by atoms with Gasteiger partial charge < -0.3 is 10.1 Å². The maximum absolute atomic E-state index is 11.9. The summed E-state index contributed by atoms with van der Waals surface area (Å²) >= 11 is 9.17. The molecule has 0 aromatic heterocycles. The van der Waals surface area contributed by atoms with E-state index in [1.165, 1.54) is 6.07 Å². The highest BCUT2D eigenvalue weighted by Crippen LogP contribution is 2.16. The number of halogens is 2. The Balaban J connectivity index is 1.85. The van der Waals surface area contributed by atoms with Gasteiger partial charge in [0.2, 0.25) is 0 Å². The minimum Gasteiger partial charge on any atom is -0.452 e. The van der Waals surface area contributed by atoms with Crippen LogP contribution in [-0.2, 0) is 9.53 Å². The van der Waals surface area contributed by atoms with Crippen molar-refractivity contribution in [3.63, 3.8) is 0 Å². The van der Waals surface area contributed by atoms with Crippen molar-refractivity contribution in [3.8, 4) is 0 Å². The first kappa shape index (κ1) is 17.5. The molecule has 0 aliphatic heterocycles. The van der Waals surface area contributed by atoms with E-state index in [-0.39, 0.29) is 18.6 Å². The Labute approximate surface area is 147 Å². The zero-order valence-corrected chi connectivity index (χ0v) is 14.7. The largest absolute Gasteiger partial charge is 0.452 e. The Bertz CT molecular complexity index is 703. The fourth-order valence-electron chi connectivity index (χ4n) is 1.95. The fourth-order valence-corrected chi connectivity index (χ4v) is 2.40. The van der Waals surface area contributed by atoms with E-state index in [0.717, 1.165) is 10.0 Å². The van der Waals surface area contributed by atoms with Crippen LogP contribution in [0.25, 0.3) is 0 Å². The maximum Gasteiger partial charge on any atom is 0.338 e. The Morgan fingerprint density at radius 3 is 2.57 bits per heavy atom. The van der Waals surface area contributed by atoms with Crippen molar-refractivity contribution in [2.75, 3.05) is 6.61 Å². The Morgan fingerprint density at radius 1 is 1.22 bits per heavy atom. The maximum atomic E-state index is 11.9. The summed E-state index contributed by atoms with van der Waals surface area (Å²) in [4.78, 5) is 23.7. The van der Waals surface area contributed by atoms with Crippen LogP contribution >= 0.6 is 27.5 Å². The van der Waals surface area contributed by atoms with Gasteiger partial charge in [0.25, 0.3) is 5.91 Å². The predicted octanol–water partition coefficient (Wildman–Crippen LogP) is 4.14. The lowest BCUT2D eigenvalue weighted by molar-refractivity contribution is -0.124. The minimum atomic E-state index is -0.584. The number of carbonyl (C=O) groups is 2. The third-order valence-corrected chi connectivity index (χ3v) is 3.91. The molecule has 0 aliphatic rings. The van der Waals surface area contributed by atoms with E-state index in [1.54, 1.807) is 18.2 Å². The number of carbonyl (C=O) groups excluding carboxylic acids is 2. The summed E-state index contributed by atoms with van der Waals surface area (Å²) in [5.41, 5.74) is 1.27. The number of rotatable bonds is 5. The molecule has 0 heterocycles. The average molecular weight is 397 g/mol. The summed E-state index contributed by atoms with van der Waals surface area (Å²) in [5, 5.41) is 3.21. The molecule has 0 unspecified atom stereocenters. The molecule has 0 radical (unpaired) electrons. The predicted molar refractivity (Wildman–Crippen MR) is 92.4 cm³/mol. The first-order valence-electron chi connectivity index (χ1n) is 6.93. The van der Waals surface area contributed by atoms with E-state index in [9.17, 15) is 9.59 Å². The molecule has 0 fully saturated rings. The van der Waals surface area contributed by atoms with E-state index < -0.39 is 5.97 Å². The summed E-state index contributed by atoms with van der Waals surface area (Å²) in [7, 11) is 0. The molecular weight excluding hydrogens is 382 g/mol. The van der Waals surface area contributed by atoms with Crippen molar-refractivity contribution < 1.29 is 14.3 Å². The number of hydrogen-bond donors (Lipinski definition) is 1. The summed E-state index contributed by atoms with van der Waals surface area (Å²) in [6.45, 7) is 1.52. The molecule has 2 rings (SSSR count). The number of ether oxygens (including phenoxy) is 1. The molecule has 1 amide bonds. The molecule has 0 aliphatic carbocycles. The van der Waals surface area contributed by atoms with E-state index in [4.69, 9.17) is 16.3 Å². The third-order valence-electron chi connectivity index (χ3n) is 3.14. The van der Waals surface area contributed by atoms with E-state index >= 15 is 0 Å². The highest BCUT2D eigenvalue weighted by atomic mass is 79.9. The summed E-state index contributed by atoms with van der Waals surface area (Å²) in [6, 6.07) is 13.8. The first-order valence-corrected chi connectivity index (χ1v) is 8.10. The van der Waals surface area contributed by atoms with E-state index in [0.29, 0.717) is 10.6 Å². The zero-order valence-electron chi connectivity index (χ0n) is 12.4. The van der Waals surface area contributed by atoms with Crippen molar-refractivity contribution in [3.05, 3.63) is 69.2 Å². The monoisotopic (exact) mass is 395 g/mol. The van der Waals surface area contributed by atoms with E-state index in [1.807, 2.05) is 31.2 Å². The molecule has 4 nitrogen and oxygen atoms in total. The molecule has 1 atom stereocenters. The molecule has 23 heavy (non-hydrogen) atoms. The lowest BCUT2D eigenvalue weighted by Crippen LogP contribution is -2.31. The second-order valence-corrected chi connectivity index (χ2v) is 6.28. The van der Waals surface area contributed by atoms with Gasteiger partial charge >= 0.3 is 5.97 Å². The molecule has 6 heteroatoms. The Hall–Kier alpha value is -1.85. The molecule has 0 saturated heterocycles. The molecule has 0 bridgehead atoms. The number of amides is 1. The van der Waals surface area contributed by atoms with Crippen LogP contribution in [0.3, 0.4) is 0 Å². The van der Waals surface area contributed by atoms with Crippen LogP contribution in [0.5, 0.6) is 0 Å². The van der Waals surface area contributed by atoms with Crippen molar-refractivity contribution in [2.24, 2.45) is 0 Å². The molecule has 0 spiro atoms. The van der Waals surface area contributed by atoms with Crippen LogP contribution in [0.2, 0.25) is 5.02 Å². The van der Waals surface area contributed by atoms with Crippen molar-refractivity contribution in [1.82, 2.24) is 5.32 Å².